The molecule has 0 aromatic heterocycles. The molecule has 0 spiro atoms. The molecule has 1 rings (SSSR count). The molecule has 1 aliphatic rings. The van der Waals surface area contributed by atoms with Crippen molar-refractivity contribution in [3.63, 3.8) is 0 Å². The van der Waals surface area contributed by atoms with E-state index in [0.717, 1.165) is 6.42 Å². The van der Waals surface area contributed by atoms with Gasteiger partial charge in [0.05, 0.1) is 18.9 Å². The van der Waals surface area contributed by atoms with Gasteiger partial charge < -0.3 is 13.8 Å². The summed E-state index contributed by atoms with van der Waals surface area (Å²) in [6.45, 7) is 0.462. The number of rotatable bonds is 2. The second-order valence-corrected chi connectivity index (χ2v) is 4.67. The van der Waals surface area contributed by atoms with Crippen LogP contribution in [0.5, 0.6) is 0 Å². The molecule has 0 aliphatic carbocycles. The number of ether oxygens (including phenoxy) is 1. The highest BCUT2D eigenvalue weighted by Gasteiger charge is 2.32. The summed E-state index contributed by atoms with van der Waals surface area (Å²) < 4.78 is 26.3. The Kier molecular flexibility index (Phi) is 3.07. The zero-order chi connectivity index (χ0) is 8.32. The molecule has 1 saturated heterocycles. The maximum absolute atomic E-state index is 11.4. The first-order valence-electron chi connectivity index (χ1n) is 3.52. The van der Waals surface area contributed by atoms with Crippen LogP contribution in [0, 0.1) is 0 Å². The summed E-state index contributed by atoms with van der Waals surface area (Å²) in [6, 6.07) is 0. The van der Waals surface area contributed by atoms with Gasteiger partial charge in [-0.2, -0.15) is 0 Å². The summed E-state index contributed by atoms with van der Waals surface area (Å²) in [7, 11) is 0.217. The largest absolute Gasteiger partial charge is 0.381 e. The van der Waals surface area contributed by atoms with Gasteiger partial charge in [-0.3, -0.25) is 4.57 Å². The molecule has 1 fully saturated rings. The third kappa shape index (κ3) is 2.27. The molecule has 1 aliphatic heterocycles. The van der Waals surface area contributed by atoms with Crippen molar-refractivity contribution in [1.82, 2.24) is 0 Å². The average molecular weight is 180 g/mol. The molecule has 1 heterocycles. The van der Waals surface area contributed by atoms with E-state index in [-0.39, 0.29) is 6.10 Å². The van der Waals surface area contributed by atoms with Gasteiger partial charge in [-0.05, 0) is 6.42 Å². The standard InChI is InChI=1S/C6H13O4P/c1-8-6-3-4-10-11(7,5-6)9-2/h6H,3-5H2,1-2H3. The normalized spacial score (nSPS) is 38.9. The molecule has 4 nitrogen and oxygen atoms in total. The van der Waals surface area contributed by atoms with E-state index in [1.54, 1.807) is 7.11 Å². The summed E-state index contributed by atoms with van der Waals surface area (Å²) in [5.41, 5.74) is 0. The zero-order valence-electron chi connectivity index (χ0n) is 6.78. The van der Waals surface area contributed by atoms with Crippen LogP contribution in [0.2, 0.25) is 0 Å². The summed E-state index contributed by atoms with van der Waals surface area (Å²) >= 11 is 0. The minimum atomic E-state index is -2.79. The number of methoxy groups -OCH3 is 1. The SMILES string of the molecule is COC1CCOP(=O)(OC)C1. The smallest absolute Gasteiger partial charge is 0.333 e. The minimum absolute atomic E-state index is 0.0227. The van der Waals surface area contributed by atoms with Crippen LogP contribution in [0.4, 0.5) is 0 Å². The number of hydrogen-bond donors (Lipinski definition) is 0. The molecular weight excluding hydrogens is 167 g/mol. The highest BCUT2D eigenvalue weighted by molar-refractivity contribution is 7.53. The summed E-state index contributed by atoms with van der Waals surface area (Å²) in [5, 5.41) is 0. The van der Waals surface area contributed by atoms with Crippen LogP contribution in [0.15, 0.2) is 0 Å². The van der Waals surface area contributed by atoms with Crippen molar-refractivity contribution in [2.24, 2.45) is 0 Å². The molecule has 0 amide bonds. The van der Waals surface area contributed by atoms with Gasteiger partial charge in [-0.25, -0.2) is 0 Å². The average Bonchev–Trinajstić information content (AvgIpc) is 2.05. The van der Waals surface area contributed by atoms with E-state index < -0.39 is 7.60 Å². The Hall–Kier alpha value is 0.110. The van der Waals surface area contributed by atoms with Crippen LogP contribution < -0.4 is 0 Å². The quantitative estimate of drug-likeness (QED) is 0.600. The second kappa shape index (κ2) is 3.68. The maximum Gasteiger partial charge on any atom is 0.333 e. The van der Waals surface area contributed by atoms with E-state index in [1.807, 2.05) is 0 Å². The van der Waals surface area contributed by atoms with Gasteiger partial charge in [0.1, 0.15) is 0 Å². The molecule has 0 radical (unpaired) electrons. The summed E-state index contributed by atoms with van der Waals surface area (Å²) in [6.07, 6.45) is 1.19. The van der Waals surface area contributed by atoms with Crippen molar-refractivity contribution in [3.05, 3.63) is 0 Å². The van der Waals surface area contributed by atoms with Gasteiger partial charge in [0, 0.05) is 14.2 Å². The Labute approximate surface area is 66.4 Å². The van der Waals surface area contributed by atoms with Crippen LogP contribution in [-0.2, 0) is 18.3 Å². The molecule has 0 N–H and O–H groups in total. The predicted octanol–water partition coefficient (Wildman–Crippen LogP) is 1.26. The molecule has 2 atom stereocenters. The molecule has 11 heavy (non-hydrogen) atoms. The van der Waals surface area contributed by atoms with E-state index in [4.69, 9.17) is 13.8 Å². The van der Waals surface area contributed by atoms with Crippen molar-refractivity contribution in [3.8, 4) is 0 Å². The van der Waals surface area contributed by atoms with E-state index in [2.05, 4.69) is 0 Å². The lowest BCUT2D eigenvalue weighted by atomic mass is 10.3. The van der Waals surface area contributed by atoms with Crippen LogP contribution in [0.1, 0.15) is 6.42 Å². The lowest BCUT2D eigenvalue weighted by Gasteiger charge is -2.26. The van der Waals surface area contributed by atoms with E-state index in [0.29, 0.717) is 12.8 Å². The Morgan fingerprint density at radius 2 is 2.27 bits per heavy atom. The lowest BCUT2D eigenvalue weighted by Crippen LogP contribution is -2.24. The Morgan fingerprint density at radius 3 is 2.82 bits per heavy atom. The van der Waals surface area contributed by atoms with Crippen LogP contribution >= 0.6 is 7.60 Å². The van der Waals surface area contributed by atoms with E-state index >= 15 is 0 Å². The van der Waals surface area contributed by atoms with Crippen LogP contribution in [0.3, 0.4) is 0 Å². The van der Waals surface area contributed by atoms with Gasteiger partial charge in [0.25, 0.3) is 0 Å². The first-order valence-corrected chi connectivity index (χ1v) is 5.25. The number of hydrogen-bond acceptors (Lipinski definition) is 4. The predicted molar refractivity (Wildman–Crippen MR) is 40.8 cm³/mol. The van der Waals surface area contributed by atoms with Crippen molar-refractivity contribution >= 4 is 7.60 Å². The third-order valence-corrected chi connectivity index (χ3v) is 3.75. The van der Waals surface area contributed by atoms with Gasteiger partial charge in [0.2, 0.25) is 0 Å². The Bertz CT molecular complexity index is 170. The highest BCUT2D eigenvalue weighted by atomic mass is 31.2. The third-order valence-electron chi connectivity index (χ3n) is 1.77. The molecule has 66 valence electrons. The van der Waals surface area contributed by atoms with Crippen molar-refractivity contribution in [1.29, 1.82) is 0 Å². The fourth-order valence-electron chi connectivity index (χ4n) is 1.04. The van der Waals surface area contributed by atoms with E-state index in [1.165, 1.54) is 7.11 Å². The Morgan fingerprint density at radius 1 is 1.55 bits per heavy atom. The molecule has 0 aromatic rings. The molecule has 0 saturated carbocycles. The van der Waals surface area contributed by atoms with Gasteiger partial charge in [-0.15, -0.1) is 0 Å². The Balaban J connectivity index is 2.52. The fourth-order valence-corrected chi connectivity index (χ4v) is 2.61. The molecular formula is C6H13O4P. The van der Waals surface area contributed by atoms with Gasteiger partial charge in [0.15, 0.2) is 0 Å². The van der Waals surface area contributed by atoms with Gasteiger partial charge in [-0.1, -0.05) is 0 Å². The molecule has 0 bridgehead atoms. The highest BCUT2D eigenvalue weighted by Crippen LogP contribution is 2.50. The topological polar surface area (TPSA) is 44.8 Å². The summed E-state index contributed by atoms with van der Waals surface area (Å²) in [5.74, 6) is 0. The first kappa shape index (κ1) is 9.20. The molecule has 2 unspecified atom stereocenters. The van der Waals surface area contributed by atoms with Gasteiger partial charge >= 0.3 is 7.60 Å². The molecule has 0 aromatic carbocycles. The van der Waals surface area contributed by atoms with E-state index in [9.17, 15) is 4.57 Å². The monoisotopic (exact) mass is 180 g/mol. The maximum atomic E-state index is 11.4. The minimum Gasteiger partial charge on any atom is -0.381 e. The van der Waals surface area contributed by atoms with Crippen molar-refractivity contribution < 1.29 is 18.3 Å². The fraction of sp³-hybridized carbons (Fsp3) is 1.00. The second-order valence-electron chi connectivity index (χ2n) is 2.46. The molecule has 5 heteroatoms. The lowest BCUT2D eigenvalue weighted by molar-refractivity contribution is 0.0694. The zero-order valence-corrected chi connectivity index (χ0v) is 7.67. The summed E-state index contributed by atoms with van der Waals surface area (Å²) in [4.78, 5) is 0. The van der Waals surface area contributed by atoms with Crippen LogP contribution in [0.25, 0.3) is 0 Å². The first-order chi connectivity index (χ1) is 5.20. The van der Waals surface area contributed by atoms with Crippen LogP contribution in [-0.4, -0.2) is 33.1 Å². The van der Waals surface area contributed by atoms with Crippen molar-refractivity contribution in [2.45, 2.75) is 12.5 Å². The van der Waals surface area contributed by atoms with Crippen molar-refractivity contribution in [2.75, 3.05) is 27.0 Å².